The summed E-state index contributed by atoms with van der Waals surface area (Å²) < 4.78 is 7.37. The molecular weight excluding hydrogens is 204 g/mol. The van der Waals surface area contributed by atoms with Gasteiger partial charge in [-0.15, -0.1) is 0 Å². The van der Waals surface area contributed by atoms with Gasteiger partial charge in [-0.05, 0) is 27.2 Å². The summed E-state index contributed by atoms with van der Waals surface area (Å²) >= 11 is 0. The predicted molar refractivity (Wildman–Crippen MR) is 63.2 cm³/mol. The van der Waals surface area contributed by atoms with Gasteiger partial charge >= 0.3 is 0 Å². The Bertz CT molecular complexity index is 315. The van der Waals surface area contributed by atoms with E-state index in [-0.39, 0.29) is 5.60 Å². The van der Waals surface area contributed by atoms with Crippen molar-refractivity contribution in [1.29, 1.82) is 0 Å². The van der Waals surface area contributed by atoms with Crippen LogP contribution in [0.2, 0.25) is 0 Å². The van der Waals surface area contributed by atoms with Crippen LogP contribution in [0, 0.1) is 0 Å². The highest BCUT2D eigenvalue weighted by Crippen LogP contribution is 2.16. The van der Waals surface area contributed by atoms with Crippen molar-refractivity contribution in [1.82, 2.24) is 9.78 Å². The Morgan fingerprint density at radius 3 is 2.75 bits per heavy atom. The summed E-state index contributed by atoms with van der Waals surface area (Å²) in [5.41, 5.74) is 0.595. The summed E-state index contributed by atoms with van der Waals surface area (Å²) in [6.45, 7) is 9.20. The molecule has 0 amide bonds. The Morgan fingerprint density at radius 2 is 2.19 bits per heavy atom. The third-order valence-electron chi connectivity index (χ3n) is 2.16. The van der Waals surface area contributed by atoms with Crippen molar-refractivity contribution in [3.05, 3.63) is 18.0 Å². The molecule has 0 saturated carbocycles. The normalized spacial score (nSPS) is 14.1. The molecule has 0 aromatic carbocycles. The van der Waals surface area contributed by atoms with Gasteiger partial charge in [-0.2, -0.15) is 5.10 Å². The van der Waals surface area contributed by atoms with E-state index in [0.29, 0.717) is 6.61 Å². The monoisotopic (exact) mass is 226 g/mol. The molecule has 1 unspecified atom stereocenters. The van der Waals surface area contributed by atoms with E-state index in [1.54, 1.807) is 6.20 Å². The molecular formula is C12H22N2O2. The molecule has 0 aliphatic heterocycles. The number of hydrogen-bond acceptors (Lipinski definition) is 3. The fourth-order valence-electron chi connectivity index (χ4n) is 1.33. The Balaban J connectivity index is 2.49. The summed E-state index contributed by atoms with van der Waals surface area (Å²) in [6.07, 6.45) is 4.02. The van der Waals surface area contributed by atoms with E-state index in [4.69, 9.17) is 4.74 Å². The topological polar surface area (TPSA) is 47.3 Å². The van der Waals surface area contributed by atoms with E-state index >= 15 is 0 Å². The average Bonchev–Trinajstić information content (AvgIpc) is 2.62. The Morgan fingerprint density at radius 1 is 1.50 bits per heavy atom. The van der Waals surface area contributed by atoms with E-state index < -0.39 is 6.10 Å². The lowest BCUT2D eigenvalue weighted by Crippen LogP contribution is -2.22. The fraction of sp³-hybridized carbons (Fsp3) is 0.750. The average molecular weight is 226 g/mol. The molecule has 0 saturated heterocycles. The largest absolute Gasteiger partial charge is 0.386 e. The second kappa shape index (κ2) is 5.46. The van der Waals surface area contributed by atoms with Gasteiger partial charge in [0.1, 0.15) is 6.10 Å². The van der Waals surface area contributed by atoms with Gasteiger partial charge in [-0.3, -0.25) is 4.68 Å². The summed E-state index contributed by atoms with van der Waals surface area (Å²) in [6, 6.07) is 0. The molecule has 4 heteroatoms. The molecule has 1 aromatic heterocycles. The number of hydrogen-bond donors (Lipinski definition) is 1. The van der Waals surface area contributed by atoms with Crippen molar-refractivity contribution >= 4 is 0 Å². The third-order valence-corrected chi connectivity index (χ3v) is 2.16. The molecule has 0 aliphatic rings. The van der Waals surface area contributed by atoms with Crippen molar-refractivity contribution in [2.75, 3.05) is 6.61 Å². The summed E-state index contributed by atoms with van der Waals surface area (Å²) in [5.74, 6) is 0. The van der Waals surface area contributed by atoms with E-state index in [1.807, 2.05) is 31.6 Å². The van der Waals surface area contributed by atoms with Crippen LogP contribution in [0.5, 0.6) is 0 Å². The Labute approximate surface area is 97.2 Å². The highest BCUT2D eigenvalue weighted by Gasteiger charge is 2.15. The Hall–Kier alpha value is -0.870. The molecule has 0 radical (unpaired) electrons. The van der Waals surface area contributed by atoms with Crippen molar-refractivity contribution in [3.63, 3.8) is 0 Å². The minimum Gasteiger partial charge on any atom is -0.386 e. The molecule has 1 heterocycles. The molecule has 1 atom stereocenters. The molecule has 0 bridgehead atoms. The van der Waals surface area contributed by atoms with E-state index in [2.05, 4.69) is 12.0 Å². The molecule has 0 aliphatic carbocycles. The van der Waals surface area contributed by atoms with E-state index in [0.717, 1.165) is 18.5 Å². The van der Waals surface area contributed by atoms with Gasteiger partial charge in [0.25, 0.3) is 0 Å². The Kier molecular flexibility index (Phi) is 4.50. The third kappa shape index (κ3) is 4.33. The molecule has 0 spiro atoms. The number of aryl methyl sites for hydroxylation is 1. The zero-order valence-electron chi connectivity index (χ0n) is 10.6. The summed E-state index contributed by atoms with van der Waals surface area (Å²) in [4.78, 5) is 0. The number of aliphatic hydroxyl groups is 1. The van der Waals surface area contributed by atoms with Crippen LogP contribution in [-0.4, -0.2) is 27.1 Å². The van der Waals surface area contributed by atoms with E-state index in [9.17, 15) is 5.11 Å². The van der Waals surface area contributed by atoms with Crippen molar-refractivity contribution in [3.8, 4) is 0 Å². The fourth-order valence-corrected chi connectivity index (χ4v) is 1.33. The second-order valence-corrected chi connectivity index (χ2v) is 4.98. The highest BCUT2D eigenvalue weighted by atomic mass is 16.5. The van der Waals surface area contributed by atoms with E-state index in [1.165, 1.54) is 0 Å². The standard InChI is InChI=1S/C12H22N2O2/c1-5-6-14-8-10(7-13-14)11(15)9-16-12(2,3)4/h7-8,11,15H,5-6,9H2,1-4H3. The maximum absolute atomic E-state index is 9.89. The first kappa shape index (κ1) is 13.2. The molecule has 92 valence electrons. The van der Waals surface area contributed by atoms with Crippen molar-refractivity contribution in [2.24, 2.45) is 0 Å². The number of aliphatic hydroxyl groups excluding tert-OH is 1. The molecule has 1 rings (SSSR count). The molecule has 1 aromatic rings. The summed E-state index contributed by atoms with van der Waals surface area (Å²) in [7, 11) is 0. The van der Waals surface area contributed by atoms with Crippen LogP contribution in [0.4, 0.5) is 0 Å². The van der Waals surface area contributed by atoms with Gasteiger partial charge in [0.15, 0.2) is 0 Å². The second-order valence-electron chi connectivity index (χ2n) is 4.98. The first-order chi connectivity index (χ1) is 7.42. The van der Waals surface area contributed by atoms with Gasteiger partial charge in [-0.25, -0.2) is 0 Å². The molecule has 0 fully saturated rings. The minimum atomic E-state index is -0.593. The van der Waals surface area contributed by atoms with Gasteiger partial charge < -0.3 is 9.84 Å². The minimum absolute atomic E-state index is 0.222. The molecule has 4 nitrogen and oxygen atoms in total. The number of aromatic nitrogens is 2. The number of nitrogens with zero attached hydrogens (tertiary/aromatic N) is 2. The molecule has 16 heavy (non-hydrogen) atoms. The van der Waals surface area contributed by atoms with Crippen LogP contribution in [0.15, 0.2) is 12.4 Å². The van der Waals surface area contributed by atoms with Crippen LogP contribution < -0.4 is 0 Å². The maximum Gasteiger partial charge on any atom is 0.105 e. The van der Waals surface area contributed by atoms with Crippen molar-refractivity contribution in [2.45, 2.75) is 52.4 Å². The quantitative estimate of drug-likeness (QED) is 0.836. The van der Waals surface area contributed by atoms with Gasteiger partial charge in [0.05, 0.1) is 18.4 Å². The van der Waals surface area contributed by atoms with Gasteiger partial charge in [-0.1, -0.05) is 6.92 Å². The van der Waals surface area contributed by atoms with Crippen LogP contribution in [0.3, 0.4) is 0 Å². The number of rotatable bonds is 5. The lowest BCUT2D eigenvalue weighted by atomic mass is 10.2. The highest BCUT2D eigenvalue weighted by molar-refractivity contribution is 5.07. The summed E-state index contributed by atoms with van der Waals surface area (Å²) in [5, 5.41) is 14.1. The zero-order valence-corrected chi connectivity index (χ0v) is 10.6. The zero-order chi connectivity index (χ0) is 12.2. The lowest BCUT2D eigenvalue weighted by Gasteiger charge is -2.21. The SMILES string of the molecule is CCCn1cc(C(O)COC(C)(C)C)cn1. The predicted octanol–water partition coefficient (Wildman–Crippen LogP) is 2.14. The maximum atomic E-state index is 9.89. The van der Waals surface area contributed by atoms with Crippen LogP contribution in [-0.2, 0) is 11.3 Å². The molecule has 1 N–H and O–H groups in total. The van der Waals surface area contributed by atoms with Crippen LogP contribution in [0.1, 0.15) is 45.8 Å². The van der Waals surface area contributed by atoms with Gasteiger partial charge in [0.2, 0.25) is 0 Å². The number of ether oxygens (including phenoxy) is 1. The van der Waals surface area contributed by atoms with Crippen LogP contribution >= 0.6 is 0 Å². The van der Waals surface area contributed by atoms with Gasteiger partial charge in [0, 0.05) is 18.3 Å². The first-order valence-electron chi connectivity index (χ1n) is 5.77. The van der Waals surface area contributed by atoms with Crippen molar-refractivity contribution < 1.29 is 9.84 Å². The first-order valence-corrected chi connectivity index (χ1v) is 5.77. The van der Waals surface area contributed by atoms with Crippen LogP contribution in [0.25, 0.3) is 0 Å². The smallest absolute Gasteiger partial charge is 0.105 e. The lowest BCUT2D eigenvalue weighted by molar-refractivity contribution is -0.0496.